The van der Waals surface area contributed by atoms with Crippen molar-refractivity contribution >= 4 is 29.1 Å². The SMILES string of the molecule is O=C(Nc1ccc(F)cc1)[C@@H]1CC(=O)N(Cc2ccccc2Cl)C1. The van der Waals surface area contributed by atoms with Gasteiger partial charge in [0.1, 0.15) is 5.82 Å². The lowest BCUT2D eigenvalue weighted by Gasteiger charge is -2.17. The van der Waals surface area contributed by atoms with Gasteiger partial charge >= 0.3 is 0 Å². The Balaban J connectivity index is 1.62. The number of anilines is 1. The zero-order valence-electron chi connectivity index (χ0n) is 12.8. The van der Waals surface area contributed by atoms with Crippen LogP contribution in [0.15, 0.2) is 48.5 Å². The van der Waals surface area contributed by atoms with Gasteiger partial charge in [-0.25, -0.2) is 4.39 Å². The van der Waals surface area contributed by atoms with Gasteiger partial charge in [0.2, 0.25) is 11.8 Å². The number of rotatable bonds is 4. The van der Waals surface area contributed by atoms with Crippen LogP contribution in [0.3, 0.4) is 0 Å². The van der Waals surface area contributed by atoms with E-state index in [0.29, 0.717) is 23.8 Å². The lowest BCUT2D eigenvalue weighted by Crippen LogP contribution is -2.28. The Hall–Kier alpha value is -2.40. The maximum absolute atomic E-state index is 12.9. The maximum atomic E-state index is 12.9. The normalized spacial score (nSPS) is 17.2. The smallest absolute Gasteiger partial charge is 0.229 e. The summed E-state index contributed by atoms with van der Waals surface area (Å²) in [4.78, 5) is 26.1. The van der Waals surface area contributed by atoms with E-state index < -0.39 is 5.92 Å². The number of carbonyl (C=O) groups excluding carboxylic acids is 2. The van der Waals surface area contributed by atoms with E-state index in [4.69, 9.17) is 11.6 Å². The highest BCUT2D eigenvalue weighted by molar-refractivity contribution is 6.31. The lowest BCUT2D eigenvalue weighted by molar-refractivity contribution is -0.128. The van der Waals surface area contributed by atoms with Crippen molar-refractivity contribution in [1.82, 2.24) is 4.90 Å². The number of carbonyl (C=O) groups is 2. The molecule has 0 spiro atoms. The van der Waals surface area contributed by atoms with E-state index in [1.165, 1.54) is 24.3 Å². The quantitative estimate of drug-likeness (QED) is 0.921. The molecule has 3 rings (SSSR count). The predicted octanol–water partition coefficient (Wildman–Crippen LogP) is 3.47. The van der Waals surface area contributed by atoms with Gasteiger partial charge < -0.3 is 10.2 Å². The number of nitrogens with zero attached hydrogens (tertiary/aromatic N) is 1. The first-order valence-electron chi connectivity index (χ1n) is 7.60. The zero-order chi connectivity index (χ0) is 17.1. The number of amides is 2. The van der Waals surface area contributed by atoms with Gasteiger partial charge in [-0.2, -0.15) is 0 Å². The molecular weight excluding hydrogens is 331 g/mol. The van der Waals surface area contributed by atoms with E-state index in [0.717, 1.165) is 5.56 Å². The molecule has 0 aromatic heterocycles. The van der Waals surface area contributed by atoms with Crippen LogP contribution in [0.1, 0.15) is 12.0 Å². The van der Waals surface area contributed by atoms with E-state index in [1.54, 1.807) is 11.0 Å². The fourth-order valence-electron chi connectivity index (χ4n) is 2.71. The molecule has 2 amide bonds. The first-order valence-corrected chi connectivity index (χ1v) is 7.98. The molecule has 124 valence electrons. The molecule has 2 aromatic carbocycles. The van der Waals surface area contributed by atoms with Crippen LogP contribution in [0.5, 0.6) is 0 Å². The number of nitrogens with one attached hydrogen (secondary N) is 1. The molecule has 24 heavy (non-hydrogen) atoms. The molecule has 1 heterocycles. The average molecular weight is 347 g/mol. The second kappa shape index (κ2) is 7.01. The summed E-state index contributed by atoms with van der Waals surface area (Å²) in [7, 11) is 0. The Morgan fingerprint density at radius 1 is 1.21 bits per heavy atom. The second-order valence-electron chi connectivity index (χ2n) is 5.76. The van der Waals surface area contributed by atoms with Crippen LogP contribution in [0.25, 0.3) is 0 Å². The number of likely N-dealkylation sites (tertiary alicyclic amines) is 1. The third-order valence-corrected chi connectivity index (χ3v) is 4.38. The van der Waals surface area contributed by atoms with Crippen molar-refractivity contribution in [2.75, 3.05) is 11.9 Å². The number of halogens is 2. The fourth-order valence-corrected chi connectivity index (χ4v) is 2.91. The molecule has 1 N–H and O–H groups in total. The van der Waals surface area contributed by atoms with Crippen LogP contribution in [0.2, 0.25) is 5.02 Å². The third kappa shape index (κ3) is 3.74. The third-order valence-electron chi connectivity index (χ3n) is 4.02. The van der Waals surface area contributed by atoms with Gasteiger partial charge in [0, 0.05) is 30.2 Å². The maximum Gasteiger partial charge on any atom is 0.229 e. The average Bonchev–Trinajstić information content (AvgIpc) is 2.93. The van der Waals surface area contributed by atoms with Crippen molar-refractivity contribution in [3.63, 3.8) is 0 Å². The molecule has 1 saturated heterocycles. The van der Waals surface area contributed by atoms with E-state index in [2.05, 4.69) is 5.32 Å². The first kappa shape index (κ1) is 16.5. The summed E-state index contributed by atoms with van der Waals surface area (Å²) in [5, 5.41) is 3.32. The fraction of sp³-hybridized carbons (Fsp3) is 0.222. The molecule has 2 aromatic rings. The van der Waals surface area contributed by atoms with Crippen LogP contribution in [0, 0.1) is 11.7 Å². The van der Waals surface area contributed by atoms with Crippen LogP contribution in [-0.2, 0) is 16.1 Å². The molecule has 6 heteroatoms. The van der Waals surface area contributed by atoms with Crippen LogP contribution >= 0.6 is 11.6 Å². The van der Waals surface area contributed by atoms with Crippen LogP contribution in [-0.4, -0.2) is 23.3 Å². The van der Waals surface area contributed by atoms with Crippen LogP contribution in [0.4, 0.5) is 10.1 Å². The standard InChI is InChI=1S/C18H16ClFN2O2/c19-16-4-2-1-3-12(16)10-22-11-13(9-17(22)23)18(24)21-15-7-5-14(20)6-8-15/h1-8,13H,9-11H2,(H,21,24)/t13-/m1/s1. The van der Waals surface area contributed by atoms with E-state index in [9.17, 15) is 14.0 Å². The van der Waals surface area contributed by atoms with Gasteiger partial charge in [0.25, 0.3) is 0 Å². The molecule has 1 atom stereocenters. The highest BCUT2D eigenvalue weighted by Gasteiger charge is 2.34. The highest BCUT2D eigenvalue weighted by atomic mass is 35.5. The molecule has 1 fully saturated rings. The van der Waals surface area contributed by atoms with E-state index in [-0.39, 0.29) is 24.1 Å². The van der Waals surface area contributed by atoms with E-state index in [1.807, 2.05) is 18.2 Å². The van der Waals surface area contributed by atoms with Gasteiger partial charge in [-0.3, -0.25) is 9.59 Å². The van der Waals surface area contributed by atoms with Crippen LogP contribution < -0.4 is 5.32 Å². The number of hydrogen-bond donors (Lipinski definition) is 1. The van der Waals surface area contributed by atoms with Crippen molar-refractivity contribution < 1.29 is 14.0 Å². The Kier molecular flexibility index (Phi) is 4.81. The molecule has 0 aliphatic carbocycles. The minimum atomic E-state index is -0.426. The molecule has 0 bridgehead atoms. The van der Waals surface area contributed by atoms with Crippen molar-refractivity contribution in [3.05, 3.63) is 64.9 Å². The lowest BCUT2D eigenvalue weighted by atomic mass is 10.1. The largest absolute Gasteiger partial charge is 0.337 e. The minimum Gasteiger partial charge on any atom is -0.337 e. The van der Waals surface area contributed by atoms with Gasteiger partial charge in [-0.05, 0) is 35.9 Å². The van der Waals surface area contributed by atoms with Gasteiger partial charge in [0.05, 0.1) is 5.92 Å². The minimum absolute atomic E-state index is 0.0748. The summed E-state index contributed by atoms with van der Waals surface area (Å²) < 4.78 is 12.9. The predicted molar refractivity (Wildman–Crippen MR) is 90.0 cm³/mol. The van der Waals surface area contributed by atoms with E-state index >= 15 is 0 Å². The summed E-state index contributed by atoms with van der Waals surface area (Å²) in [6.07, 6.45) is 0.164. The summed E-state index contributed by atoms with van der Waals surface area (Å²) in [5.74, 6) is -1.11. The number of benzene rings is 2. The number of hydrogen-bond acceptors (Lipinski definition) is 2. The Morgan fingerprint density at radius 3 is 2.62 bits per heavy atom. The van der Waals surface area contributed by atoms with Crippen molar-refractivity contribution in [3.8, 4) is 0 Å². The van der Waals surface area contributed by atoms with Gasteiger partial charge in [0.15, 0.2) is 0 Å². The topological polar surface area (TPSA) is 49.4 Å². The highest BCUT2D eigenvalue weighted by Crippen LogP contribution is 2.24. The monoisotopic (exact) mass is 346 g/mol. The molecule has 4 nitrogen and oxygen atoms in total. The summed E-state index contributed by atoms with van der Waals surface area (Å²) in [6, 6.07) is 12.9. The molecule has 0 saturated carbocycles. The summed E-state index contributed by atoms with van der Waals surface area (Å²) in [6.45, 7) is 0.732. The Labute approximate surface area is 144 Å². The van der Waals surface area contributed by atoms with Gasteiger partial charge in [-0.15, -0.1) is 0 Å². The van der Waals surface area contributed by atoms with Crippen molar-refractivity contribution in [2.45, 2.75) is 13.0 Å². The zero-order valence-corrected chi connectivity index (χ0v) is 13.6. The molecule has 0 unspecified atom stereocenters. The first-order chi connectivity index (χ1) is 11.5. The summed E-state index contributed by atoms with van der Waals surface area (Å²) >= 11 is 6.12. The molecule has 1 aliphatic heterocycles. The second-order valence-corrected chi connectivity index (χ2v) is 6.17. The van der Waals surface area contributed by atoms with Crippen molar-refractivity contribution in [2.24, 2.45) is 5.92 Å². The molecule has 0 radical (unpaired) electrons. The summed E-state index contributed by atoms with van der Waals surface area (Å²) in [5.41, 5.74) is 1.37. The Morgan fingerprint density at radius 2 is 1.92 bits per heavy atom. The molecular formula is C18H16ClFN2O2. The van der Waals surface area contributed by atoms with Crippen molar-refractivity contribution in [1.29, 1.82) is 0 Å². The Bertz CT molecular complexity index is 764. The molecule has 1 aliphatic rings. The van der Waals surface area contributed by atoms with Gasteiger partial charge in [-0.1, -0.05) is 29.8 Å².